The minimum absolute atomic E-state index is 0.0569. The van der Waals surface area contributed by atoms with E-state index in [-0.39, 0.29) is 18.2 Å². The predicted octanol–water partition coefficient (Wildman–Crippen LogP) is 1.70. The van der Waals surface area contributed by atoms with E-state index in [1.807, 2.05) is 0 Å². The zero-order chi connectivity index (χ0) is 14.0. The summed E-state index contributed by atoms with van der Waals surface area (Å²) in [5.41, 5.74) is 0. The lowest BCUT2D eigenvalue weighted by atomic mass is 10.6. The maximum absolute atomic E-state index is 11.8. The number of rotatable bonds is 5. The van der Waals surface area contributed by atoms with Crippen LogP contribution in [0.3, 0.4) is 0 Å². The molecule has 0 amide bonds. The summed E-state index contributed by atoms with van der Waals surface area (Å²) >= 11 is 0. The smallest absolute Gasteiger partial charge is 0.370 e. The van der Waals surface area contributed by atoms with Crippen LogP contribution in [0.5, 0.6) is 0 Å². The van der Waals surface area contributed by atoms with Gasteiger partial charge in [0.2, 0.25) is 0 Å². The van der Waals surface area contributed by atoms with E-state index in [4.69, 9.17) is 10.7 Å². The number of halogens is 4. The Kier molecular flexibility index (Phi) is 4.62. The van der Waals surface area contributed by atoms with Crippen molar-refractivity contribution in [3.8, 4) is 0 Å². The summed E-state index contributed by atoms with van der Waals surface area (Å²) in [6.07, 6.45) is -3.23. The molecule has 0 N–H and O–H groups in total. The first-order valence-electron chi connectivity index (χ1n) is 4.72. The van der Waals surface area contributed by atoms with Crippen LogP contribution < -0.4 is 0 Å². The SMILES string of the molecule is Cc1nc(S(=O)(=O)Cl)cn1CCOCC(F)(F)F. The topological polar surface area (TPSA) is 61.2 Å². The highest BCUT2D eigenvalue weighted by Gasteiger charge is 2.27. The summed E-state index contributed by atoms with van der Waals surface area (Å²) < 4.78 is 63.0. The summed E-state index contributed by atoms with van der Waals surface area (Å²) in [5, 5.41) is -0.336. The number of aryl methyl sites for hydroxylation is 1. The van der Waals surface area contributed by atoms with Gasteiger partial charge in [-0.05, 0) is 6.92 Å². The highest BCUT2D eigenvalue weighted by atomic mass is 35.7. The van der Waals surface area contributed by atoms with Crippen molar-refractivity contribution in [2.24, 2.45) is 0 Å². The Labute approximate surface area is 106 Å². The van der Waals surface area contributed by atoms with Crippen molar-refractivity contribution >= 4 is 19.7 Å². The maximum Gasteiger partial charge on any atom is 0.411 e. The normalized spacial score (nSPS) is 12.9. The fourth-order valence-corrected chi connectivity index (χ4v) is 1.89. The van der Waals surface area contributed by atoms with Gasteiger partial charge in [-0.3, -0.25) is 0 Å². The lowest BCUT2D eigenvalue weighted by molar-refractivity contribution is -0.174. The van der Waals surface area contributed by atoms with E-state index in [1.54, 1.807) is 0 Å². The molecular weight excluding hydrogens is 297 g/mol. The Morgan fingerprint density at radius 2 is 2.11 bits per heavy atom. The fourth-order valence-electron chi connectivity index (χ4n) is 1.17. The van der Waals surface area contributed by atoms with Gasteiger partial charge in [-0.25, -0.2) is 13.4 Å². The lowest BCUT2D eigenvalue weighted by Crippen LogP contribution is -2.19. The molecular formula is C8H10ClF3N2O3S. The summed E-state index contributed by atoms with van der Waals surface area (Å²) in [4.78, 5) is 3.67. The van der Waals surface area contributed by atoms with Crippen LogP contribution >= 0.6 is 10.7 Å². The molecule has 0 aliphatic heterocycles. The molecule has 0 aromatic carbocycles. The minimum Gasteiger partial charge on any atom is -0.370 e. The molecule has 0 atom stereocenters. The lowest BCUT2D eigenvalue weighted by Gasteiger charge is -2.08. The van der Waals surface area contributed by atoms with Gasteiger partial charge in [0.25, 0.3) is 9.05 Å². The van der Waals surface area contributed by atoms with Crippen molar-refractivity contribution < 1.29 is 26.3 Å². The van der Waals surface area contributed by atoms with Crippen molar-refractivity contribution in [3.63, 3.8) is 0 Å². The monoisotopic (exact) mass is 306 g/mol. The van der Waals surface area contributed by atoms with Gasteiger partial charge in [-0.15, -0.1) is 0 Å². The molecule has 10 heteroatoms. The molecule has 0 saturated carbocycles. The van der Waals surface area contributed by atoms with Gasteiger partial charge < -0.3 is 9.30 Å². The second-order valence-corrected chi connectivity index (χ2v) is 5.94. The molecule has 0 fully saturated rings. The van der Waals surface area contributed by atoms with Crippen LogP contribution in [-0.2, 0) is 20.3 Å². The number of imidazole rings is 1. The van der Waals surface area contributed by atoms with Gasteiger partial charge in [0.15, 0.2) is 5.03 Å². The second-order valence-electron chi connectivity index (χ2n) is 3.43. The number of hydrogen-bond acceptors (Lipinski definition) is 4. The Morgan fingerprint density at radius 3 is 2.56 bits per heavy atom. The predicted molar refractivity (Wildman–Crippen MR) is 56.9 cm³/mol. The van der Waals surface area contributed by atoms with E-state index in [1.165, 1.54) is 11.5 Å². The van der Waals surface area contributed by atoms with Gasteiger partial charge in [0.1, 0.15) is 12.4 Å². The fraction of sp³-hybridized carbons (Fsp3) is 0.625. The average molecular weight is 307 g/mol. The maximum atomic E-state index is 11.8. The minimum atomic E-state index is -4.38. The molecule has 1 aromatic rings. The summed E-state index contributed by atoms with van der Waals surface area (Å²) in [6, 6.07) is 0. The molecule has 5 nitrogen and oxygen atoms in total. The zero-order valence-electron chi connectivity index (χ0n) is 9.24. The number of nitrogens with zero attached hydrogens (tertiary/aromatic N) is 2. The van der Waals surface area contributed by atoms with Crippen LogP contribution in [-0.4, -0.2) is 37.4 Å². The van der Waals surface area contributed by atoms with Gasteiger partial charge in [0.05, 0.1) is 6.61 Å². The molecule has 18 heavy (non-hydrogen) atoms. The van der Waals surface area contributed by atoms with Gasteiger partial charge in [-0.1, -0.05) is 0 Å². The van der Waals surface area contributed by atoms with E-state index in [9.17, 15) is 21.6 Å². The summed E-state index contributed by atoms with van der Waals surface area (Å²) in [6.45, 7) is 0.0105. The van der Waals surface area contributed by atoms with Crippen LogP contribution in [0.15, 0.2) is 11.2 Å². The van der Waals surface area contributed by atoms with Crippen LogP contribution in [0.1, 0.15) is 5.82 Å². The first kappa shape index (κ1) is 15.3. The van der Waals surface area contributed by atoms with Crippen molar-refractivity contribution in [3.05, 3.63) is 12.0 Å². The van der Waals surface area contributed by atoms with Gasteiger partial charge in [0, 0.05) is 23.4 Å². The third-order valence-corrected chi connectivity index (χ3v) is 3.12. The second kappa shape index (κ2) is 5.45. The number of aromatic nitrogens is 2. The van der Waals surface area contributed by atoms with E-state index in [0.717, 1.165) is 6.20 Å². The van der Waals surface area contributed by atoms with Crippen molar-refractivity contribution in [2.75, 3.05) is 13.2 Å². The zero-order valence-corrected chi connectivity index (χ0v) is 10.8. The van der Waals surface area contributed by atoms with Gasteiger partial charge >= 0.3 is 6.18 Å². The highest BCUT2D eigenvalue weighted by molar-refractivity contribution is 8.13. The Hall–Kier alpha value is -0.800. The Balaban J connectivity index is 2.56. The third-order valence-electron chi connectivity index (χ3n) is 1.95. The number of alkyl halides is 3. The van der Waals surface area contributed by atoms with Crippen LogP contribution in [0.25, 0.3) is 0 Å². The third kappa shape index (κ3) is 4.83. The van der Waals surface area contributed by atoms with Crippen molar-refractivity contribution in [2.45, 2.75) is 24.7 Å². The molecule has 0 spiro atoms. The quantitative estimate of drug-likeness (QED) is 0.613. The molecule has 0 radical (unpaired) electrons. The van der Waals surface area contributed by atoms with E-state index in [2.05, 4.69) is 9.72 Å². The first-order chi connectivity index (χ1) is 8.09. The van der Waals surface area contributed by atoms with Crippen molar-refractivity contribution in [1.82, 2.24) is 9.55 Å². The molecule has 0 saturated heterocycles. The molecule has 104 valence electrons. The largest absolute Gasteiger partial charge is 0.411 e. The summed E-state index contributed by atoms with van der Waals surface area (Å²) in [5.74, 6) is 0.324. The average Bonchev–Trinajstić information content (AvgIpc) is 2.53. The van der Waals surface area contributed by atoms with Crippen molar-refractivity contribution in [1.29, 1.82) is 0 Å². The highest BCUT2D eigenvalue weighted by Crippen LogP contribution is 2.15. The Bertz CT molecular complexity index is 512. The molecule has 0 aliphatic rings. The molecule has 1 heterocycles. The standard InChI is InChI=1S/C8H10ClF3N2O3S/c1-6-13-7(18(9,15)16)4-14(6)2-3-17-5-8(10,11)12/h4H,2-3,5H2,1H3. The Morgan fingerprint density at radius 1 is 1.50 bits per heavy atom. The van der Waals surface area contributed by atoms with Gasteiger partial charge in [-0.2, -0.15) is 13.2 Å². The van der Waals surface area contributed by atoms with E-state index < -0.39 is 21.8 Å². The molecule has 0 unspecified atom stereocenters. The number of hydrogen-bond donors (Lipinski definition) is 0. The van der Waals surface area contributed by atoms with Crippen LogP contribution in [0.2, 0.25) is 0 Å². The molecule has 1 rings (SSSR count). The molecule has 0 bridgehead atoms. The van der Waals surface area contributed by atoms with Crippen LogP contribution in [0.4, 0.5) is 13.2 Å². The summed E-state index contributed by atoms with van der Waals surface area (Å²) in [7, 11) is 1.14. The molecule has 0 aliphatic carbocycles. The first-order valence-corrected chi connectivity index (χ1v) is 7.03. The molecule has 1 aromatic heterocycles. The number of ether oxygens (including phenoxy) is 1. The van der Waals surface area contributed by atoms with Crippen LogP contribution in [0, 0.1) is 6.92 Å². The van der Waals surface area contributed by atoms with E-state index in [0.29, 0.717) is 5.82 Å². The van der Waals surface area contributed by atoms with E-state index >= 15 is 0 Å².